The van der Waals surface area contributed by atoms with Gasteiger partial charge in [-0.1, -0.05) is 18.2 Å². The van der Waals surface area contributed by atoms with Crippen LogP contribution in [0.15, 0.2) is 57.7 Å². The van der Waals surface area contributed by atoms with Crippen molar-refractivity contribution in [1.29, 1.82) is 0 Å². The van der Waals surface area contributed by atoms with E-state index in [0.717, 1.165) is 0 Å². The van der Waals surface area contributed by atoms with Crippen LogP contribution in [-0.2, 0) is 0 Å². The van der Waals surface area contributed by atoms with Gasteiger partial charge in [-0.25, -0.2) is 9.59 Å². The Kier molecular flexibility index (Phi) is 4.90. The molecule has 27 heavy (non-hydrogen) atoms. The van der Waals surface area contributed by atoms with E-state index in [1.807, 2.05) is 20.8 Å². The highest BCUT2D eigenvalue weighted by Crippen LogP contribution is 2.35. The van der Waals surface area contributed by atoms with Gasteiger partial charge in [-0.3, -0.25) is 0 Å². The van der Waals surface area contributed by atoms with Crippen LogP contribution in [0.25, 0.3) is 11.0 Å². The molecule has 2 aromatic carbocycles. The van der Waals surface area contributed by atoms with Crippen molar-refractivity contribution in [1.82, 2.24) is 0 Å². The summed E-state index contributed by atoms with van der Waals surface area (Å²) in [6.45, 7) is 5.73. The molecule has 0 aliphatic heterocycles. The van der Waals surface area contributed by atoms with Crippen LogP contribution in [0.5, 0.6) is 17.2 Å². The number of benzene rings is 2. The van der Waals surface area contributed by atoms with Crippen molar-refractivity contribution < 1.29 is 23.4 Å². The van der Waals surface area contributed by atoms with Crippen LogP contribution in [0, 0.1) is 0 Å². The number of hydrogen-bond donors (Lipinski definition) is 0. The molecule has 0 aliphatic carbocycles. The van der Waals surface area contributed by atoms with E-state index < -0.39 is 17.2 Å². The molecular formula is C21H20O6. The van der Waals surface area contributed by atoms with Gasteiger partial charge in [-0.05, 0) is 45.0 Å². The van der Waals surface area contributed by atoms with Gasteiger partial charge in [-0.2, -0.15) is 0 Å². The largest absolute Gasteiger partial charge is 0.488 e. The lowest BCUT2D eigenvalue weighted by Gasteiger charge is -2.21. The summed E-state index contributed by atoms with van der Waals surface area (Å²) >= 11 is 0. The van der Waals surface area contributed by atoms with E-state index in [1.54, 1.807) is 48.5 Å². The monoisotopic (exact) mass is 368 g/mol. The fourth-order valence-corrected chi connectivity index (χ4v) is 2.56. The fraction of sp³-hybridized carbons (Fsp3) is 0.238. The molecule has 0 spiro atoms. The van der Waals surface area contributed by atoms with E-state index in [9.17, 15) is 9.59 Å². The van der Waals surface area contributed by atoms with Crippen LogP contribution in [0.4, 0.5) is 0 Å². The Bertz CT molecular complexity index is 1030. The summed E-state index contributed by atoms with van der Waals surface area (Å²) < 4.78 is 21.7. The Morgan fingerprint density at radius 2 is 1.70 bits per heavy atom. The third kappa shape index (κ3) is 4.11. The minimum atomic E-state index is -0.742. The molecule has 0 radical (unpaired) electrons. The third-order valence-electron chi connectivity index (χ3n) is 3.62. The second kappa shape index (κ2) is 7.15. The third-order valence-corrected chi connectivity index (χ3v) is 3.62. The number of ether oxygens (including phenoxy) is 3. The van der Waals surface area contributed by atoms with E-state index >= 15 is 0 Å². The van der Waals surface area contributed by atoms with E-state index in [-0.39, 0.29) is 17.1 Å². The van der Waals surface area contributed by atoms with Crippen molar-refractivity contribution in [3.63, 3.8) is 0 Å². The van der Waals surface area contributed by atoms with Crippen molar-refractivity contribution in [3.05, 3.63) is 64.5 Å². The van der Waals surface area contributed by atoms with Crippen molar-refractivity contribution in [2.24, 2.45) is 0 Å². The number of esters is 1. The quantitative estimate of drug-likeness (QED) is 0.507. The maximum absolute atomic E-state index is 12.5. The summed E-state index contributed by atoms with van der Waals surface area (Å²) in [5.74, 6) is -0.226. The van der Waals surface area contributed by atoms with E-state index in [2.05, 4.69) is 0 Å². The summed E-state index contributed by atoms with van der Waals surface area (Å²) in [7, 11) is 1.31. The highest BCUT2D eigenvalue weighted by molar-refractivity contribution is 5.95. The molecule has 6 heteroatoms. The SMILES string of the molecule is COc1c(OC(=O)c2ccccc2)c2ccc(OC(C)(C)C)cc2oc1=O. The molecule has 0 amide bonds. The van der Waals surface area contributed by atoms with Crippen molar-refractivity contribution in [2.45, 2.75) is 26.4 Å². The van der Waals surface area contributed by atoms with Gasteiger partial charge in [0.15, 0.2) is 5.75 Å². The van der Waals surface area contributed by atoms with Gasteiger partial charge in [0, 0.05) is 6.07 Å². The van der Waals surface area contributed by atoms with Crippen LogP contribution >= 0.6 is 0 Å². The maximum Gasteiger partial charge on any atom is 0.383 e. The zero-order chi connectivity index (χ0) is 19.6. The topological polar surface area (TPSA) is 75.0 Å². The normalized spacial score (nSPS) is 11.3. The second-order valence-electron chi connectivity index (χ2n) is 6.88. The lowest BCUT2D eigenvalue weighted by molar-refractivity contribution is 0.0731. The van der Waals surface area contributed by atoms with Crippen LogP contribution < -0.4 is 19.8 Å². The van der Waals surface area contributed by atoms with E-state index in [4.69, 9.17) is 18.6 Å². The van der Waals surface area contributed by atoms with Gasteiger partial charge in [0.1, 0.15) is 16.9 Å². The number of hydrogen-bond acceptors (Lipinski definition) is 6. The van der Waals surface area contributed by atoms with Crippen LogP contribution in [0.1, 0.15) is 31.1 Å². The number of rotatable bonds is 4. The molecule has 1 aromatic heterocycles. The van der Waals surface area contributed by atoms with Crippen LogP contribution in [0.2, 0.25) is 0 Å². The first-order chi connectivity index (χ1) is 12.8. The lowest BCUT2D eigenvalue weighted by Crippen LogP contribution is -2.22. The van der Waals surface area contributed by atoms with Gasteiger partial charge >= 0.3 is 11.6 Å². The van der Waals surface area contributed by atoms with Gasteiger partial charge in [0.25, 0.3) is 0 Å². The first kappa shape index (κ1) is 18.5. The molecule has 140 valence electrons. The molecule has 1 heterocycles. The van der Waals surface area contributed by atoms with E-state index in [0.29, 0.717) is 16.7 Å². The molecule has 6 nitrogen and oxygen atoms in total. The predicted molar refractivity (Wildman–Crippen MR) is 101 cm³/mol. The molecule has 3 rings (SSSR count). The Balaban J connectivity index is 2.09. The summed E-state index contributed by atoms with van der Waals surface area (Å²) in [5.41, 5.74) is -0.566. The lowest BCUT2D eigenvalue weighted by atomic mass is 10.1. The highest BCUT2D eigenvalue weighted by Gasteiger charge is 2.22. The highest BCUT2D eigenvalue weighted by atomic mass is 16.6. The Morgan fingerprint density at radius 3 is 2.33 bits per heavy atom. The Morgan fingerprint density at radius 1 is 1.00 bits per heavy atom. The van der Waals surface area contributed by atoms with Gasteiger partial charge in [0.2, 0.25) is 5.75 Å². The Labute approximate surface area is 156 Å². The predicted octanol–water partition coefficient (Wildman–Crippen LogP) is 4.20. The number of fused-ring (bicyclic) bond motifs is 1. The molecule has 0 saturated carbocycles. The van der Waals surface area contributed by atoms with Crippen molar-refractivity contribution >= 4 is 16.9 Å². The minimum Gasteiger partial charge on any atom is -0.488 e. The number of carbonyl (C=O) groups excluding carboxylic acids is 1. The molecule has 0 N–H and O–H groups in total. The maximum atomic E-state index is 12.5. The smallest absolute Gasteiger partial charge is 0.383 e. The molecule has 0 fully saturated rings. The van der Waals surface area contributed by atoms with Crippen molar-refractivity contribution in [3.8, 4) is 17.2 Å². The molecule has 3 aromatic rings. The van der Waals surface area contributed by atoms with Gasteiger partial charge in [-0.15, -0.1) is 0 Å². The van der Waals surface area contributed by atoms with Crippen molar-refractivity contribution in [2.75, 3.05) is 7.11 Å². The summed E-state index contributed by atoms with van der Waals surface area (Å²) in [6, 6.07) is 13.4. The van der Waals surface area contributed by atoms with Gasteiger partial charge in [0.05, 0.1) is 18.1 Å². The molecule has 0 aliphatic rings. The minimum absolute atomic E-state index is 0.0138. The zero-order valence-corrected chi connectivity index (χ0v) is 15.6. The Hall–Kier alpha value is -3.28. The zero-order valence-electron chi connectivity index (χ0n) is 15.6. The fourth-order valence-electron chi connectivity index (χ4n) is 2.56. The number of carbonyl (C=O) groups is 1. The molecule has 0 bridgehead atoms. The molecular weight excluding hydrogens is 348 g/mol. The first-order valence-corrected chi connectivity index (χ1v) is 8.39. The van der Waals surface area contributed by atoms with E-state index in [1.165, 1.54) is 7.11 Å². The van der Waals surface area contributed by atoms with Crippen LogP contribution in [0.3, 0.4) is 0 Å². The first-order valence-electron chi connectivity index (χ1n) is 8.39. The average molecular weight is 368 g/mol. The number of methoxy groups -OCH3 is 1. The molecule has 0 saturated heterocycles. The molecule has 0 unspecified atom stereocenters. The summed E-state index contributed by atoms with van der Waals surface area (Å²) in [5, 5.41) is 0.428. The second-order valence-corrected chi connectivity index (χ2v) is 6.88. The van der Waals surface area contributed by atoms with Crippen LogP contribution in [-0.4, -0.2) is 18.7 Å². The molecule has 0 atom stereocenters. The summed E-state index contributed by atoms with van der Waals surface area (Å²) in [6.07, 6.45) is 0. The standard InChI is InChI=1S/C21H20O6/c1-21(2,3)27-14-10-11-15-16(12-14)25-20(23)18(24-4)17(15)26-19(22)13-8-6-5-7-9-13/h5-12H,1-4H3. The summed E-state index contributed by atoms with van der Waals surface area (Å²) in [4.78, 5) is 24.7. The average Bonchev–Trinajstić information content (AvgIpc) is 2.61. The van der Waals surface area contributed by atoms with Gasteiger partial charge < -0.3 is 18.6 Å².